The Balaban J connectivity index is 2.37. The third-order valence-electron chi connectivity index (χ3n) is 3.17. The van der Waals surface area contributed by atoms with Crippen molar-refractivity contribution in [2.75, 3.05) is 0 Å². The largest absolute Gasteiger partial charge is 0.271 e. The van der Waals surface area contributed by atoms with E-state index in [-0.39, 0.29) is 17.3 Å². The molecule has 4 heteroatoms. The lowest BCUT2D eigenvalue weighted by atomic mass is 9.92. The quantitative estimate of drug-likeness (QED) is 0.617. The molecule has 0 amide bonds. The second-order valence-electron chi connectivity index (χ2n) is 4.42. The summed E-state index contributed by atoms with van der Waals surface area (Å²) in [5.41, 5.74) is 3.60. The monoisotopic (exact) mass is 228 g/mol. The zero-order chi connectivity index (χ0) is 11.1. The number of rotatable bonds is 3. The molecule has 2 rings (SSSR count). The summed E-state index contributed by atoms with van der Waals surface area (Å²) in [6, 6.07) is 4.31. The van der Waals surface area contributed by atoms with Crippen LogP contribution >= 0.6 is 11.6 Å². The van der Waals surface area contributed by atoms with Crippen LogP contribution in [0.25, 0.3) is 0 Å². The smallest absolute Gasteiger partial charge is 0.123 e. The Labute approximate surface area is 93.6 Å². The maximum atomic E-state index is 13.1. The van der Waals surface area contributed by atoms with Crippen LogP contribution in [0.3, 0.4) is 0 Å². The molecule has 0 radical (unpaired) electrons. The summed E-state index contributed by atoms with van der Waals surface area (Å²) < 4.78 is 13.1. The van der Waals surface area contributed by atoms with Crippen LogP contribution in [-0.2, 0) is 0 Å². The van der Waals surface area contributed by atoms with E-state index in [4.69, 9.17) is 17.4 Å². The van der Waals surface area contributed by atoms with Gasteiger partial charge in [0.2, 0.25) is 0 Å². The van der Waals surface area contributed by atoms with E-state index in [0.717, 1.165) is 18.4 Å². The molecule has 0 aliphatic heterocycles. The van der Waals surface area contributed by atoms with Gasteiger partial charge in [-0.2, -0.15) is 0 Å². The van der Waals surface area contributed by atoms with Gasteiger partial charge in [-0.1, -0.05) is 18.5 Å². The van der Waals surface area contributed by atoms with Gasteiger partial charge in [0.1, 0.15) is 5.82 Å². The minimum atomic E-state index is -0.279. The van der Waals surface area contributed by atoms with Gasteiger partial charge < -0.3 is 0 Å². The number of hydrazine groups is 1. The first-order valence-corrected chi connectivity index (χ1v) is 5.36. The van der Waals surface area contributed by atoms with Crippen molar-refractivity contribution in [2.45, 2.75) is 25.8 Å². The number of nitrogens with two attached hydrogens (primary N) is 1. The third-order valence-corrected chi connectivity index (χ3v) is 3.52. The molecule has 2 nitrogen and oxygen atoms in total. The van der Waals surface area contributed by atoms with Gasteiger partial charge in [-0.25, -0.2) is 4.39 Å². The van der Waals surface area contributed by atoms with Crippen LogP contribution in [0.2, 0.25) is 5.02 Å². The first-order chi connectivity index (χ1) is 7.07. The van der Waals surface area contributed by atoms with Gasteiger partial charge in [-0.15, -0.1) is 0 Å². The Morgan fingerprint density at radius 3 is 2.73 bits per heavy atom. The van der Waals surface area contributed by atoms with Crippen LogP contribution < -0.4 is 11.3 Å². The zero-order valence-corrected chi connectivity index (χ0v) is 9.31. The lowest BCUT2D eigenvalue weighted by Gasteiger charge is -2.24. The third kappa shape index (κ3) is 2.00. The summed E-state index contributed by atoms with van der Waals surface area (Å²) in [6.45, 7) is 2.12. The number of benzene rings is 1. The highest BCUT2D eigenvalue weighted by Crippen LogP contribution is 2.55. The normalized spacial score (nSPS) is 20.0. The predicted octanol–water partition coefficient (Wildman–Crippen LogP) is 2.78. The Hall–Kier alpha value is -0.640. The molecule has 0 bridgehead atoms. The minimum Gasteiger partial charge on any atom is -0.271 e. The van der Waals surface area contributed by atoms with Gasteiger partial charge in [0.25, 0.3) is 0 Å². The Bertz CT molecular complexity index is 377. The number of nitrogens with one attached hydrogen (secondary N) is 1. The second kappa shape index (κ2) is 3.74. The van der Waals surface area contributed by atoms with Crippen LogP contribution in [0.4, 0.5) is 4.39 Å². The zero-order valence-electron chi connectivity index (χ0n) is 8.56. The second-order valence-corrected chi connectivity index (χ2v) is 4.83. The average Bonchev–Trinajstić information content (AvgIpc) is 2.92. The minimum absolute atomic E-state index is 0.0688. The topological polar surface area (TPSA) is 38.0 Å². The van der Waals surface area contributed by atoms with Gasteiger partial charge in [-0.3, -0.25) is 11.3 Å². The van der Waals surface area contributed by atoms with E-state index in [1.54, 1.807) is 6.07 Å². The number of hydrogen-bond donors (Lipinski definition) is 2. The molecule has 1 saturated carbocycles. The highest BCUT2D eigenvalue weighted by atomic mass is 35.5. The molecule has 1 aromatic rings. The summed E-state index contributed by atoms with van der Waals surface area (Å²) in [5, 5.41) is 0.562. The first-order valence-electron chi connectivity index (χ1n) is 4.98. The van der Waals surface area contributed by atoms with Crippen molar-refractivity contribution in [3.05, 3.63) is 34.6 Å². The Kier molecular flexibility index (Phi) is 2.71. The van der Waals surface area contributed by atoms with Crippen LogP contribution in [0.1, 0.15) is 31.4 Å². The van der Waals surface area contributed by atoms with E-state index in [2.05, 4.69) is 12.3 Å². The molecule has 1 aromatic carbocycles. The van der Waals surface area contributed by atoms with E-state index >= 15 is 0 Å². The van der Waals surface area contributed by atoms with Crippen molar-refractivity contribution in [3.63, 3.8) is 0 Å². The Morgan fingerprint density at radius 1 is 1.53 bits per heavy atom. The van der Waals surface area contributed by atoms with E-state index in [1.807, 2.05) is 0 Å². The van der Waals surface area contributed by atoms with Gasteiger partial charge in [-0.05, 0) is 42.0 Å². The van der Waals surface area contributed by atoms with Crippen molar-refractivity contribution in [2.24, 2.45) is 11.3 Å². The molecule has 1 atom stereocenters. The van der Waals surface area contributed by atoms with Gasteiger partial charge in [0.05, 0.1) is 6.04 Å². The van der Waals surface area contributed by atoms with E-state index in [1.165, 1.54) is 12.1 Å². The fraction of sp³-hybridized carbons (Fsp3) is 0.455. The molecule has 82 valence electrons. The van der Waals surface area contributed by atoms with Crippen molar-refractivity contribution in [1.29, 1.82) is 0 Å². The van der Waals surface area contributed by atoms with Gasteiger partial charge >= 0.3 is 0 Å². The molecule has 3 N–H and O–H groups in total. The van der Waals surface area contributed by atoms with Crippen LogP contribution in [0.15, 0.2) is 18.2 Å². The highest BCUT2D eigenvalue weighted by Gasteiger charge is 2.45. The van der Waals surface area contributed by atoms with Crippen molar-refractivity contribution in [1.82, 2.24) is 5.43 Å². The van der Waals surface area contributed by atoms with Crippen molar-refractivity contribution < 1.29 is 4.39 Å². The highest BCUT2D eigenvalue weighted by molar-refractivity contribution is 6.31. The fourth-order valence-electron chi connectivity index (χ4n) is 1.89. The first kappa shape index (κ1) is 10.9. The van der Waals surface area contributed by atoms with Gasteiger partial charge in [0, 0.05) is 5.02 Å². The summed E-state index contributed by atoms with van der Waals surface area (Å²) in [4.78, 5) is 0. The maximum Gasteiger partial charge on any atom is 0.123 e. The SMILES string of the molecule is CC1(C(NN)c2cc(F)ccc2Cl)CC1. The molecule has 1 aliphatic carbocycles. The molecule has 1 fully saturated rings. The summed E-state index contributed by atoms with van der Waals surface area (Å²) in [6.07, 6.45) is 2.18. The summed E-state index contributed by atoms with van der Waals surface area (Å²) in [5.74, 6) is 5.24. The van der Waals surface area contributed by atoms with Crippen LogP contribution in [0.5, 0.6) is 0 Å². The maximum absolute atomic E-state index is 13.1. The summed E-state index contributed by atoms with van der Waals surface area (Å²) in [7, 11) is 0. The number of hydrogen-bond acceptors (Lipinski definition) is 2. The van der Waals surface area contributed by atoms with Crippen LogP contribution in [-0.4, -0.2) is 0 Å². The molecule has 0 aromatic heterocycles. The molecule has 0 heterocycles. The molecular formula is C11H14ClFN2. The van der Waals surface area contributed by atoms with Crippen molar-refractivity contribution >= 4 is 11.6 Å². The summed E-state index contributed by atoms with van der Waals surface area (Å²) >= 11 is 6.04. The molecule has 1 unspecified atom stereocenters. The van der Waals surface area contributed by atoms with E-state index in [9.17, 15) is 4.39 Å². The lowest BCUT2D eigenvalue weighted by molar-refractivity contribution is 0.371. The predicted molar refractivity (Wildman–Crippen MR) is 58.8 cm³/mol. The average molecular weight is 229 g/mol. The molecule has 0 saturated heterocycles. The molecule has 1 aliphatic rings. The standard InChI is InChI=1S/C11H14ClFN2/c1-11(4-5-11)10(15-14)8-6-7(13)2-3-9(8)12/h2-3,6,10,15H,4-5,14H2,1H3. The van der Waals surface area contributed by atoms with Crippen molar-refractivity contribution in [3.8, 4) is 0 Å². The van der Waals surface area contributed by atoms with E-state index < -0.39 is 0 Å². The van der Waals surface area contributed by atoms with Gasteiger partial charge in [0.15, 0.2) is 0 Å². The van der Waals surface area contributed by atoms with E-state index in [0.29, 0.717) is 5.02 Å². The molecule has 0 spiro atoms. The fourth-order valence-corrected chi connectivity index (χ4v) is 2.11. The molecule has 15 heavy (non-hydrogen) atoms. The molecular weight excluding hydrogens is 215 g/mol. The Morgan fingerprint density at radius 2 is 2.20 bits per heavy atom. The lowest BCUT2D eigenvalue weighted by Crippen LogP contribution is -2.33. The van der Waals surface area contributed by atoms with Crippen LogP contribution in [0, 0.1) is 11.2 Å². The number of halogens is 2.